The number of likely N-dealkylation sites (tertiary alicyclic amines) is 2. The van der Waals surface area contributed by atoms with Crippen LogP contribution < -0.4 is 0 Å². The predicted octanol–water partition coefficient (Wildman–Crippen LogP) is 6.74. The maximum atomic E-state index is 12.7. The summed E-state index contributed by atoms with van der Waals surface area (Å²) in [7, 11) is 2.17. The second kappa shape index (κ2) is 11.7. The van der Waals surface area contributed by atoms with E-state index in [1.807, 2.05) is 33.2 Å². The second-order valence-electron chi connectivity index (χ2n) is 12.1. The van der Waals surface area contributed by atoms with Crippen LogP contribution in [-0.4, -0.2) is 68.1 Å². The van der Waals surface area contributed by atoms with Gasteiger partial charge in [-0.3, -0.25) is 4.90 Å². The molecule has 41 heavy (non-hydrogen) atoms. The van der Waals surface area contributed by atoms with Crippen LogP contribution in [0.4, 0.5) is 4.79 Å². The largest absolute Gasteiger partial charge is 0.444 e. The van der Waals surface area contributed by atoms with Gasteiger partial charge >= 0.3 is 6.09 Å². The molecule has 4 heterocycles. The van der Waals surface area contributed by atoms with E-state index < -0.39 is 5.60 Å². The Kier molecular flexibility index (Phi) is 8.29. The maximum Gasteiger partial charge on any atom is 0.410 e. The highest BCUT2D eigenvalue weighted by atomic mass is 32.1. The third-order valence-corrected chi connectivity index (χ3v) is 7.89. The van der Waals surface area contributed by atoms with Crippen LogP contribution in [0.25, 0.3) is 33.6 Å². The minimum atomic E-state index is -0.518. The number of ether oxygens (including phenoxy) is 1. The second-order valence-corrected chi connectivity index (χ2v) is 12.1. The lowest BCUT2D eigenvalue weighted by atomic mass is 10.0. The van der Waals surface area contributed by atoms with Crippen LogP contribution in [0.1, 0.15) is 63.6 Å². The summed E-state index contributed by atoms with van der Waals surface area (Å²) >= 11 is 0. The lowest BCUT2D eigenvalue weighted by molar-refractivity contribution is 0.0218. The van der Waals surface area contributed by atoms with Gasteiger partial charge in [0.05, 0.1) is 29.8 Å². The molecule has 2 aromatic heterocycles. The number of aromatic amines is 2. The van der Waals surface area contributed by atoms with E-state index in [4.69, 9.17) is 4.74 Å². The van der Waals surface area contributed by atoms with Crippen molar-refractivity contribution in [3.8, 4) is 33.6 Å². The number of nitrogens with one attached hydrogen (secondary N) is 2. The Hall–Kier alpha value is -3.56. The van der Waals surface area contributed by atoms with Gasteiger partial charge < -0.3 is 19.6 Å². The Bertz CT molecular complexity index is 1470. The van der Waals surface area contributed by atoms with E-state index in [1.54, 1.807) is 4.90 Å². The van der Waals surface area contributed by atoms with E-state index >= 15 is 0 Å². The molecule has 6 rings (SSSR count). The van der Waals surface area contributed by atoms with Crippen LogP contribution in [0.5, 0.6) is 0 Å². The van der Waals surface area contributed by atoms with Crippen LogP contribution in [0.2, 0.25) is 0 Å². The zero-order valence-electron chi connectivity index (χ0n) is 24.3. The lowest BCUT2D eigenvalue weighted by Crippen LogP contribution is -2.36. The zero-order valence-corrected chi connectivity index (χ0v) is 25.3. The molecule has 8 nitrogen and oxygen atoms in total. The van der Waals surface area contributed by atoms with Gasteiger partial charge in [-0.15, -0.1) is 0 Å². The summed E-state index contributed by atoms with van der Waals surface area (Å²) in [6.07, 6.45) is 6.49. The van der Waals surface area contributed by atoms with Crippen LogP contribution in [-0.2, 0) is 4.74 Å². The number of amides is 1. The number of hydrogen-bond donors (Lipinski definition) is 2. The molecule has 2 aliphatic heterocycles. The monoisotopic (exact) mass is 572 g/mol. The number of benzene rings is 2. The fourth-order valence-corrected chi connectivity index (χ4v) is 5.78. The van der Waals surface area contributed by atoms with Crippen molar-refractivity contribution in [3.63, 3.8) is 0 Å². The van der Waals surface area contributed by atoms with Gasteiger partial charge in [0.2, 0.25) is 0 Å². The molecule has 4 aromatic rings. The molecule has 0 bridgehead atoms. The van der Waals surface area contributed by atoms with E-state index in [0.29, 0.717) is 12.5 Å². The molecule has 2 fully saturated rings. The van der Waals surface area contributed by atoms with Gasteiger partial charge in [0.1, 0.15) is 17.2 Å². The van der Waals surface area contributed by atoms with Gasteiger partial charge in [-0.2, -0.15) is 13.5 Å². The van der Waals surface area contributed by atoms with E-state index in [9.17, 15) is 4.79 Å². The molecular weight excluding hydrogens is 532 g/mol. The molecule has 1 unspecified atom stereocenters. The van der Waals surface area contributed by atoms with Crippen LogP contribution in [0.15, 0.2) is 60.9 Å². The average molecular weight is 573 g/mol. The third kappa shape index (κ3) is 6.36. The van der Waals surface area contributed by atoms with Gasteiger partial charge in [-0.25, -0.2) is 14.8 Å². The van der Waals surface area contributed by atoms with Crippen molar-refractivity contribution >= 4 is 19.6 Å². The number of rotatable bonds is 5. The van der Waals surface area contributed by atoms with Crippen molar-refractivity contribution < 1.29 is 9.53 Å². The number of hydrogen-bond acceptors (Lipinski definition) is 5. The van der Waals surface area contributed by atoms with Gasteiger partial charge in [0.25, 0.3) is 0 Å². The fraction of sp³-hybridized carbons (Fsp3) is 0.406. The molecule has 0 saturated carbocycles. The van der Waals surface area contributed by atoms with E-state index in [-0.39, 0.29) is 25.6 Å². The molecule has 0 spiro atoms. The number of carbonyl (C=O) groups excluding carboxylic acids is 1. The van der Waals surface area contributed by atoms with Gasteiger partial charge in [-0.1, -0.05) is 48.5 Å². The van der Waals surface area contributed by atoms with Crippen molar-refractivity contribution in [2.24, 2.45) is 0 Å². The Balaban J connectivity index is 0.00000337. The standard InChI is InChI=1S/C32H38N6O2.H2S/c1-32(2,3)40-31(39)38-16-5-6-28(38)30-34-19-27(36-30)24-13-9-22(10-14-24)21-7-11-23(12-8-21)26-18-33-29(35-26)25-15-17-37(4)20-25;/h7-14,18-19,25,28H,5-6,15-17,20H2,1-4H3,(H,33,35)(H,34,36);1H2/t25?,28-;/m0./s1. The maximum absolute atomic E-state index is 12.7. The molecule has 9 heteroatoms. The van der Waals surface area contributed by atoms with Crippen molar-refractivity contribution in [1.29, 1.82) is 0 Å². The molecule has 2 saturated heterocycles. The average Bonchev–Trinajstić information content (AvgIpc) is 3.74. The van der Waals surface area contributed by atoms with Crippen molar-refractivity contribution in [3.05, 3.63) is 72.6 Å². The number of H-pyrrole nitrogens is 2. The molecule has 2 aromatic carbocycles. The lowest BCUT2D eigenvalue weighted by Gasteiger charge is -2.27. The first-order valence-electron chi connectivity index (χ1n) is 14.2. The summed E-state index contributed by atoms with van der Waals surface area (Å²) in [5.41, 5.74) is 6.00. The molecular formula is C32H40N6O2S. The number of carbonyl (C=O) groups is 1. The Labute approximate surface area is 249 Å². The Morgan fingerprint density at radius 3 is 1.90 bits per heavy atom. The quantitative estimate of drug-likeness (QED) is 0.277. The Morgan fingerprint density at radius 2 is 1.37 bits per heavy atom. The highest BCUT2D eigenvalue weighted by Gasteiger charge is 2.34. The number of nitrogens with zero attached hydrogens (tertiary/aromatic N) is 4. The van der Waals surface area contributed by atoms with Gasteiger partial charge in [0, 0.05) is 19.0 Å². The Morgan fingerprint density at radius 1 is 0.829 bits per heavy atom. The fourth-order valence-electron chi connectivity index (χ4n) is 5.78. The van der Waals surface area contributed by atoms with E-state index in [1.165, 1.54) is 0 Å². The SMILES string of the molecule is CN1CCC(c2ncc(-c3ccc(-c4ccc(-c5cnc([C@@H]6CCCN6C(=O)OC(C)(C)C)[nH]5)cc4)cc3)[nH]2)C1.S. The van der Waals surface area contributed by atoms with E-state index in [0.717, 1.165) is 77.6 Å². The van der Waals surface area contributed by atoms with Crippen molar-refractivity contribution in [1.82, 2.24) is 29.7 Å². The summed E-state index contributed by atoms with van der Waals surface area (Å²) in [5.74, 6) is 2.39. The number of aromatic nitrogens is 4. The summed E-state index contributed by atoms with van der Waals surface area (Å²) in [5, 5.41) is 0. The molecule has 0 aliphatic carbocycles. The zero-order chi connectivity index (χ0) is 27.9. The molecule has 2 N–H and O–H groups in total. The number of likely N-dealkylation sites (N-methyl/N-ethyl adjacent to an activating group) is 1. The molecule has 1 amide bonds. The smallest absolute Gasteiger partial charge is 0.410 e. The minimum absolute atomic E-state index is 0. The van der Waals surface area contributed by atoms with Crippen molar-refractivity contribution in [2.45, 2.75) is 57.6 Å². The minimum Gasteiger partial charge on any atom is -0.444 e. The van der Waals surface area contributed by atoms with E-state index in [2.05, 4.69) is 80.4 Å². The summed E-state index contributed by atoms with van der Waals surface area (Å²) in [4.78, 5) is 33.2. The molecule has 2 atom stereocenters. The molecule has 2 aliphatic rings. The first-order chi connectivity index (χ1) is 19.2. The third-order valence-electron chi connectivity index (χ3n) is 7.89. The normalized spacial score (nSPS) is 19.4. The molecule has 216 valence electrons. The summed E-state index contributed by atoms with van der Waals surface area (Å²) in [6, 6.07) is 17.0. The summed E-state index contributed by atoms with van der Waals surface area (Å²) < 4.78 is 5.62. The number of imidazole rings is 2. The first kappa shape index (κ1) is 29.0. The van der Waals surface area contributed by atoms with Crippen LogP contribution in [0.3, 0.4) is 0 Å². The highest BCUT2D eigenvalue weighted by Crippen LogP contribution is 2.33. The van der Waals surface area contributed by atoms with Crippen LogP contribution in [0, 0.1) is 0 Å². The topological polar surface area (TPSA) is 90.1 Å². The van der Waals surface area contributed by atoms with Gasteiger partial charge in [0.15, 0.2) is 0 Å². The summed E-state index contributed by atoms with van der Waals surface area (Å²) in [6.45, 7) is 8.55. The highest BCUT2D eigenvalue weighted by molar-refractivity contribution is 7.59. The van der Waals surface area contributed by atoms with Crippen LogP contribution >= 0.6 is 13.5 Å². The van der Waals surface area contributed by atoms with Crippen molar-refractivity contribution in [2.75, 3.05) is 26.7 Å². The molecule has 0 radical (unpaired) electrons. The van der Waals surface area contributed by atoms with Gasteiger partial charge in [-0.05, 0) is 75.9 Å². The predicted molar refractivity (Wildman–Crippen MR) is 167 cm³/mol. The first-order valence-corrected chi connectivity index (χ1v) is 14.2.